The summed E-state index contributed by atoms with van der Waals surface area (Å²) in [5, 5.41) is 6.59. The maximum Gasteiger partial charge on any atom is 0.258 e. The number of carbonyl (C=O) groups excluding carboxylic acids is 2. The minimum atomic E-state index is -0.482. The third-order valence-corrected chi connectivity index (χ3v) is 4.35. The van der Waals surface area contributed by atoms with Crippen molar-refractivity contribution in [3.63, 3.8) is 0 Å². The number of nitrogens with two attached hydrogens (primary N) is 1. The standard InChI is InChI=1S/C16H21N3O3.ClH/c17-16(21)10-1-5-14(6-2-10)22-9-15(20)19-13-7-11-3-4-12(8-13)18-11;/h1-2,5-6,11-13,18H,3-4,7-9H2,(H2,17,21)(H,19,20);1H. The molecule has 0 aliphatic carbocycles. The van der Waals surface area contributed by atoms with Crippen LogP contribution in [0.15, 0.2) is 24.3 Å². The van der Waals surface area contributed by atoms with Crippen molar-refractivity contribution in [2.24, 2.45) is 5.73 Å². The number of amides is 2. The molecule has 1 aromatic rings. The molecule has 2 saturated heterocycles. The number of primary amides is 1. The van der Waals surface area contributed by atoms with Crippen molar-refractivity contribution < 1.29 is 14.3 Å². The first-order valence-electron chi connectivity index (χ1n) is 7.68. The van der Waals surface area contributed by atoms with Crippen LogP contribution in [0.25, 0.3) is 0 Å². The van der Waals surface area contributed by atoms with Crippen molar-refractivity contribution in [1.29, 1.82) is 0 Å². The fraction of sp³-hybridized carbons (Fsp3) is 0.500. The molecular formula is C16H22ClN3O3. The van der Waals surface area contributed by atoms with Gasteiger partial charge in [-0.15, -0.1) is 12.4 Å². The molecule has 1 aromatic carbocycles. The molecule has 2 bridgehead atoms. The topological polar surface area (TPSA) is 93.5 Å². The Morgan fingerprint density at radius 3 is 2.35 bits per heavy atom. The van der Waals surface area contributed by atoms with Crippen LogP contribution in [-0.2, 0) is 4.79 Å². The van der Waals surface area contributed by atoms with Gasteiger partial charge in [0.15, 0.2) is 6.61 Å². The molecule has 4 N–H and O–H groups in total. The molecule has 0 aromatic heterocycles. The van der Waals surface area contributed by atoms with Crippen LogP contribution in [-0.4, -0.2) is 36.5 Å². The van der Waals surface area contributed by atoms with Crippen LogP contribution in [0.3, 0.4) is 0 Å². The highest BCUT2D eigenvalue weighted by Gasteiger charge is 2.33. The molecule has 0 spiro atoms. The summed E-state index contributed by atoms with van der Waals surface area (Å²) in [5.41, 5.74) is 5.59. The molecule has 2 atom stereocenters. The minimum absolute atomic E-state index is 0. The highest BCUT2D eigenvalue weighted by atomic mass is 35.5. The second-order valence-electron chi connectivity index (χ2n) is 6.05. The fourth-order valence-corrected chi connectivity index (χ4v) is 3.31. The van der Waals surface area contributed by atoms with Gasteiger partial charge in [-0.2, -0.15) is 0 Å². The van der Waals surface area contributed by atoms with Gasteiger partial charge in [-0.1, -0.05) is 0 Å². The average molecular weight is 340 g/mol. The number of fused-ring (bicyclic) bond motifs is 2. The number of benzene rings is 1. The van der Waals surface area contributed by atoms with Gasteiger partial charge in [0.1, 0.15) is 5.75 Å². The van der Waals surface area contributed by atoms with Gasteiger partial charge in [0.2, 0.25) is 5.91 Å². The maximum atomic E-state index is 12.0. The molecule has 0 radical (unpaired) electrons. The summed E-state index contributed by atoms with van der Waals surface area (Å²) in [5.74, 6) is -0.0411. The summed E-state index contributed by atoms with van der Waals surface area (Å²) in [6, 6.07) is 7.78. The van der Waals surface area contributed by atoms with Gasteiger partial charge in [-0.25, -0.2) is 0 Å². The van der Waals surface area contributed by atoms with Gasteiger partial charge in [-0.3, -0.25) is 9.59 Å². The summed E-state index contributed by atoms with van der Waals surface area (Å²) in [6.45, 7) is -0.0187. The lowest BCUT2D eigenvalue weighted by molar-refractivity contribution is -0.124. The van der Waals surface area contributed by atoms with E-state index < -0.39 is 5.91 Å². The van der Waals surface area contributed by atoms with E-state index in [1.165, 1.54) is 12.8 Å². The summed E-state index contributed by atoms with van der Waals surface area (Å²) in [6.07, 6.45) is 4.41. The van der Waals surface area contributed by atoms with E-state index in [1.807, 2.05) is 0 Å². The van der Waals surface area contributed by atoms with Crippen LogP contribution < -0.4 is 21.1 Å². The molecule has 23 heavy (non-hydrogen) atoms. The molecular weight excluding hydrogens is 318 g/mol. The zero-order valence-electron chi connectivity index (χ0n) is 12.8. The first kappa shape index (κ1) is 17.6. The van der Waals surface area contributed by atoms with Gasteiger partial charge in [0.25, 0.3) is 5.91 Å². The van der Waals surface area contributed by atoms with Crippen molar-refractivity contribution in [2.45, 2.75) is 43.8 Å². The van der Waals surface area contributed by atoms with Gasteiger partial charge >= 0.3 is 0 Å². The van der Waals surface area contributed by atoms with E-state index in [0.717, 1.165) is 12.8 Å². The monoisotopic (exact) mass is 339 g/mol. The minimum Gasteiger partial charge on any atom is -0.484 e. The Hall–Kier alpha value is -1.79. The normalized spacial score (nSPS) is 25.3. The molecule has 2 heterocycles. The Kier molecular flexibility index (Phi) is 5.85. The Balaban J connectivity index is 0.00000192. The number of hydrogen-bond donors (Lipinski definition) is 3. The zero-order chi connectivity index (χ0) is 15.5. The average Bonchev–Trinajstić information content (AvgIpc) is 2.84. The van der Waals surface area contributed by atoms with E-state index in [9.17, 15) is 9.59 Å². The molecule has 2 aliphatic rings. The maximum absolute atomic E-state index is 12.0. The Morgan fingerprint density at radius 2 is 1.78 bits per heavy atom. The number of nitrogens with one attached hydrogen (secondary N) is 2. The largest absolute Gasteiger partial charge is 0.484 e. The van der Waals surface area contributed by atoms with Crippen molar-refractivity contribution in [2.75, 3.05) is 6.61 Å². The molecule has 2 aliphatic heterocycles. The molecule has 7 heteroatoms. The lowest BCUT2D eigenvalue weighted by Crippen LogP contribution is -2.48. The second-order valence-corrected chi connectivity index (χ2v) is 6.05. The van der Waals surface area contributed by atoms with E-state index >= 15 is 0 Å². The number of rotatable bonds is 5. The Bertz CT molecular complexity index is 552. The van der Waals surface area contributed by atoms with Gasteiger partial charge in [0, 0.05) is 23.7 Å². The molecule has 0 saturated carbocycles. The van der Waals surface area contributed by atoms with Gasteiger partial charge in [-0.05, 0) is 49.9 Å². The molecule has 126 valence electrons. The van der Waals surface area contributed by atoms with Crippen LogP contribution in [0, 0.1) is 0 Å². The van der Waals surface area contributed by atoms with Crippen molar-refractivity contribution >= 4 is 24.2 Å². The second kappa shape index (κ2) is 7.66. The SMILES string of the molecule is Cl.NC(=O)c1ccc(OCC(=O)NC2CC3CCC(C2)N3)cc1. The van der Waals surface area contributed by atoms with Crippen molar-refractivity contribution in [3.05, 3.63) is 29.8 Å². The van der Waals surface area contributed by atoms with Crippen LogP contribution in [0.2, 0.25) is 0 Å². The third kappa shape index (κ3) is 4.59. The van der Waals surface area contributed by atoms with Crippen LogP contribution in [0.5, 0.6) is 5.75 Å². The number of halogens is 1. The number of piperidine rings is 1. The Morgan fingerprint density at radius 1 is 1.17 bits per heavy atom. The van der Waals surface area contributed by atoms with E-state index in [-0.39, 0.29) is 31.0 Å². The third-order valence-electron chi connectivity index (χ3n) is 4.35. The summed E-state index contributed by atoms with van der Waals surface area (Å²) < 4.78 is 5.43. The van der Waals surface area contributed by atoms with Crippen molar-refractivity contribution in [1.82, 2.24) is 10.6 Å². The Labute approximate surface area is 141 Å². The summed E-state index contributed by atoms with van der Waals surface area (Å²) in [4.78, 5) is 22.9. The highest BCUT2D eigenvalue weighted by Crippen LogP contribution is 2.26. The predicted octanol–water partition coefficient (Wildman–Crippen LogP) is 0.985. The molecule has 2 amide bonds. The first-order chi connectivity index (χ1) is 10.6. The predicted molar refractivity (Wildman–Crippen MR) is 88.8 cm³/mol. The molecule has 3 rings (SSSR count). The molecule has 2 fully saturated rings. The van der Waals surface area contributed by atoms with Crippen LogP contribution in [0.4, 0.5) is 0 Å². The van der Waals surface area contributed by atoms with Gasteiger partial charge < -0.3 is 21.1 Å². The van der Waals surface area contributed by atoms with E-state index in [1.54, 1.807) is 24.3 Å². The van der Waals surface area contributed by atoms with E-state index in [2.05, 4.69) is 10.6 Å². The van der Waals surface area contributed by atoms with Crippen LogP contribution in [0.1, 0.15) is 36.0 Å². The van der Waals surface area contributed by atoms with Crippen molar-refractivity contribution in [3.8, 4) is 5.75 Å². The first-order valence-corrected chi connectivity index (χ1v) is 7.68. The number of ether oxygens (including phenoxy) is 1. The fourth-order valence-electron chi connectivity index (χ4n) is 3.31. The number of hydrogen-bond acceptors (Lipinski definition) is 4. The lowest BCUT2D eigenvalue weighted by Gasteiger charge is -2.29. The zero-order valence-corrected chi connectivity index (χ0v) is 13.6. The summed E-state index contributed by atoms with van der Waals surface area (Å²) >= 11 is 0. The van der Waals surface area contributed by atoms with Gasteiger partial charge in [0.05, 0.1) is 0 Å². The summed E-state index contributed by atoms with van der Waals surface area (Å²) in [7, 11) is 0. The molecule has 2 unspecified atom stereocenters. The van der Waals surface area contributed by atoms with E-state index in [4.69, 9.17) is 10.5 Å². The lowest BCUT2D eigenvalue weighted by atomic mass is 10.00. The quantitative estimate of drug-likeness (QED) is 0.745. The number of carbonyl (C=O) groups is 2. The van der Waals surface area contributed by atoms with E-state index in [0.29, 0.717) is 23.4 Å². The molecule has 6 nitrogen and oxygen atoms in total. The van der Waals surface area contributed by atoms with Crippen LogP contribution >= 0.6 is 12.4 Å². The smallest absolute Gasteiger partial charge is 0.258 e. The highest BCUT2D eigenvalue weighted by molar-refractivity contribution is 5.92.